The van der Waals surface area contributed by atoms with Crippen molar-refractivity contribution in [3.8, 4) is 11.1 Å². The Balaban J connectivity index is 1.54. The van der Waals surface area contributed by atoms with E-state index in [0.29, 0.717) is 18.8 Å². The van der Waals surface area contributed by atoms with Crippen LogP contribution in [0, 0.1) is 11.7 Å². The van der Waals surface area contributed by atoms with Gasteiger partial charge >= 0.3 is 0 Å². The zero-order chi connectivity index (χ0) is 16.7. The van der Waals surface area contributed by atoms with Crippen LogP contribution in [0.2, 0.25) is 0 Å². The van der Waals surface area contributed by atoms with Crippen LogP contribution in [-0.4, -0.2) is 34.7 Å². The van der Waals surface area contributed by atoms with E-state index in [9.17, 15) is 12.8 Å². The molecule has 2 aromatic heterocycles. The zero-order valence-corrected chi connectivity index (χ0v) is 13.9. The number of H-pyrrole nitrogens is 1. The van der Waals surface area contributed by atoms with E-state index in [0.717, 1.165) is 28.6 Å². The number of nitrogens with one attached hydrogen (secondary N) is 1. The molecule has 3 heterocycles. The minimum Gasteiger partial charge on any atom is -0.360 e. The van der Waals surface area contributed by atoms with Crippen molar-refractivity contribution in [1.82, 2.24) is 14.8 Å². The van der Waals surface area contributed by atoms with Crippen molar-refractivity contribution < 1.29 is 12.8 Å². The molecule has 0 saturated carbocycles. The van der Waals surface area contributed by atoms with E-state index in [-0.39, 0.29) is 17.3 Å². The van der Waals surface area contributed by atoms with Gasteiger partial charge in [-0.2, -0.15) is 5.10 Å². The number of hydrogen-bond acceptors (Lipinski definition) is 3. The molecule has 1 N–H and O–H groups in total. The highest BCUT2D eigenvalue weighted by molar-refractivity contribution is 7.91. The maximum absolute atomic E-state index is 13.3. The number of aromatic amines is 1. The first-order chi connectivity index (χ1) is 11.5. The maximum atomic E-state index is 13.3. The van der Waals surface area contributed by atoms with Gasteiger partial charge in [-0.3, -0.25) is 4.68 Å². The first-order valence-electron chi connectivity index (χ1n) is 8.00. The summed E-state index contributed by atoms with van der Waals surface area (Å²) in [7, 11) is -2.83. The molecule has 5 nitrogen and oxygen atoms in total. The summed E-state index contributed by atoms with van der Waals surface area (Å²) in [6.45, 7) is 0.729. The molecule has 1 aliphatic heterocycles. The summed E-state index contributed by atoms with van der Waals surface area (Å²) in [6, 6.07) is 4.69. The number of halogens is 1. The average molecular weight is 347 g/mol. The molecular weight excluding hydrogens is 329 g/mol. The Morgan fingerprint density at radius 3 is 2.88 bits per heavy atom. The van der Waals surface area contributed by atoms with E-state index in [1.165, 1.54) is 12.1 Å². The second kappa shape index (κ2) is 5.73. The van der Waals surface area contributed by atoms with Crippen molar-refractivity contribution >= 4 is 20.7 Å². The second-order valence-corrected chi connectivity index (χ2v) is 8.74. The van der Waals surface area contributed by atoms with Gasteiger partial charge in [0.1, 0.15) is 15.7 Å². The van der Waals surface area contributed by atoms with Crippen molar-refractivity contribution in [2.75, 3.05) is 11.5 Å². The summed E-state index contributed by atoms with van der Waals surface area (Å²) in [5.41, 5.74) is 2.72. The first-order valence-corrected chi connectivity index (χ1v) is 9.82. The molecule has 3 aromatic rings. The van der Waals surface area contributed by atoms with Crippen molar-refractivity contribution in [2.24, 2.45) is 5.92 Å². The monoisotopic (exact) mass is 347 g/mol. The summed E-state index contributed by atoms with van der Waals surface area (Å²) in [5, 5.41) is 5.36. The van der Waals surface area contributed by atoms with Gasteiger partial charge < -0.3 is 4.98 Å². The third-order valence-corrected chi connectivity index (χ3v) is 6.42. The van der Waals surface area contributed by atoms with Crippen LogP contribution in [0.4, 0.5) is 4.39 Å². The lowest BCUT2D eigenvalue weighted by Gasteiger charge is -2.21. The SMILES string of the molecule is O=S1(=O)CCC(Cn2cc(-c3c[nH]c4cc(F)ccc34)cn2)CC1. The smallest absolute Gasteiger partial charge is 0.150 e. The minimum atomic E-state index is -2.83. The molecule has 0 unspecified atom stereocenters. The molecule has 1 aliphatic rings. The van der Waals surface area contributed by atoms with Crippen LogP contribution in [0.1, 0.15) is 12.8 Å². The molecule has 1 saturated heterocycles. The molecule has 0 atom stereocenters. The van der Waals surface area contributed by atoms with Gasteiger partial charge in [0.15, 0.2) is 0 Å². The molecule has 4 rings (SSSR count). The Hall–Kier alpha value is -2.15. The van der Waals surface area contributed by atoms with Gasteiger partial charge in [-0.25, -0.2) is 12.8 Å². The summed E-state index contributed by atoms with van der Waals surface area (Å²) in [5.74, 6) is 0.636. The Morgan fingerprint density at radius 2 is 2.08 bits per heavy atom. The average Bonchev–Trinajstić information content (AvgIpc) is 3.15. The molecule has 1 aromatic carbocycles. The molecule has 0 aliphatic carbocycles. The molecule has 1 fully saturated rings. The van der Waals surface area contributed by atoms with Gasteiger partial charge in [-0.1, -0.05) is 0 Å². The predicted molar refractivity (Wildman–Crippen MR) is 90.9 cm³/mol. The van der Waals surface area contributed by atoms with Crippen LogP contribution >= 0.6 is 0 Å². The molecule has 0 bridgehead atoms. The van der Waals surface area contributed by atoms with Crippen LogP contribution in [0.5, 0.6) is 0 Å². The fraction of sp³-hybridized carbons (Fsp3) is 0.353. The number of hydrogen-bond donors (Lipinski definition) is 1. The highest BCUT2D eigenvalue weighted by Gasteiger charge is 2.24. The van der Waals surface area contributed by atoms with Gasteiger partial charge in [0.2, 0.25) is 0 Å². The summed E-state index contributed by atoms with van der Waals surface area (Å²) in [6.07, 6.45) is 7.02. The second-order valence-electron chi connectivity index (χ2n) is 6.44. The molecule has 126 valence electrons. The molecule has 7 heteroatoms. The Bertz CT molecular complexity index is 976. The zero-order valence-electron chi connectivity index (χ0n) is 13.1. The first kappa shape index (κ1) is 15.4. The standard InChI is InChI=1S/C17H18FN3O2S/c18-14-1-2-15-16(9-19-17(15)7-14)13-8-20-21(11-13)10-12-3-5-24(22,23)6-4-12/h1-2,7-9,11-12,19H,3-6,10H2. The minimum absolute atomic E-state index is 0.265. The van der Waals surface area contributed by atoms with E-state index in [2.05, 4.69) is 10.1 Å². The third-order valence-electron chi connectivity index (χ3n) is 4.71. The fourth-order valence-corrected chi connectivity index (χ4v) is 4.91. The molecular formula is C17H18FN3O2S. The number of aromatic nitrogens is 3. The highest BCUT2D eigenvalue weighted by Crippen LogP contribution is 2.29. The normalized spacial score (nSPS) is 18.2. The van der Waals surface area contributed by atoms with Gasteiger partial charge in [-0.15, -0.1) is 0 Å². The highest BCUT2D eigenvalue weighted by atomic mass is 32.2. The van der Waals surface area contributed by atoms with E-state index in [1.54, 1.807) is 12.3 Å². The van der Waals surface area contributed by atoms with Gasteiger partial charge in [0.25, 0.3) is 0 Å². The van der Waals surface area contributed by atoms with Crippen LogP contribution in [0.25, 0.3) is 22.0 Å². The third kappa shape index (κ3) is 2.96. The number of nitrogens with zero attached hydrogens (tertiary/aromatic N) is 2. The maximum Gasteiger partial charge on any atom is 0.150 e. The lowest BCUT2D eigenvalue weighted by Crippen LogP contribution is -2.26. The van der Waals surface area contributed by atoms with E-state index < -0.39 is 9.84 Å². The number of rotatable bonds is 3. The quantitative estimate of drug-likeness (QED) is 0.792. The van der Waals surface area contributed by atoms with Crippen LogP contribution in [0.3, 0.4) is 0 Å². The topological polar surface area (TPSA) is 67.8 Å². The molecule has 0 amide bonds. The Morgan fingerprint density at radius 1 is 1.29 bits per heavy atom. The molecule has 24 heavy (non-hydrogen) atoms. The van der Waals surface area contributed by atoms with Crippen molar-refractivity contribution in [2.45, 2.75) is 19.4 Å². The van der Waals surface area contributed by atoms with E-state index in [4.69, 9.17) is 0 Å². The predicted octanol–water partition coefficient (Wildman–Crippen LogP) is 3.00. The summed E-state index contributed by atoms with van der Waals surface area (Å²) in [4.78, 5) is 3.08. The summed E-state index contributed by atoms with van der Waals surface area (Å²) < 4.78 is 38.2. The lowest BCUT2D eigenvalue weighted by molar-refractivity contribution is 0.384. The number of sulfone groups is 1. The fourth-order valence-electron chi connectivity index (χ4n) is 3.33. The van der Waals surface area contributed by atoms with Crippen LogP contribution in [-0.2, 0) is 16.4 Å². The van der Waals surface area contributed by atoms with Gasteiger partial charge in [0, 0.05) is 41.0 Å². The van der Waals surface area contributed by atoms with Crippen molar-refractivity contribution in [3.05, 3.63) is 42.6 Å². The number of benzene rings is 1. The molecule has 0 radical (unpaired) electrons. The van der Waals surface area contributed by atoms with Gasteiger partial charge in [0.05, 0.1) is 17.7 Å². The van der Waals surface area contributed by atoms with Crippen molar-refractivity contribution in [1.29, 1.82) is 0 Å². The van der Waals surface area contributed by atoms with E-state index >= 15 is 0 Å². The van der Waals surface area contributed by atoms with Crippen LogP contribution < -0.4 is 0 Å². The Kier molecular flexibility index (Phi) is 3.68. The lowest BCUT2D eigenvalue weighted by atomic mass is 10.0. The van der Waals surface area contributed by atoms with E-state index in [1.807, 2.05) is 17.1 Å². The Labute approximate surface area is 139 Å². The largest absolute Gasteiger partial charge is 0.360 e. The molecule has 0 spiro atoms. The van der Waals surface area contributed by atoms with Crippen molar-refractivity contribution in [3.63, 3.8) is 0 Å². The summed E-state index contributed by atoms with van der Waals surface area (Å²) >= 11 is 0. The van der Waals surface area contributed by atoms with Crippen LogP contribution in [0.15, 0.2) is 36.8 Å². The van der Waals surface area contributed by atoms with Gasteiger partial charge in [-0.05, 0) is 37.0 Å². The number of fused-ring (bicyclic) bond motifs is 1.